The molecule has 0 atom stereocenters. The van der Waals surface area contributed by atoms with E-state index >= 15 is 0 Å². The third kappa shape index (κ3) is 3.07. The van der Waals surface area contributed by atoms with Crippen molar-refractivity contribution in [3.8, 4) is 6.07 Å². The fourth-order valence-electron chi connectivity index (χ4n) is 1.31. The van der Waals surface area contributed by atoms with Crippen LogP contribution in [0.1, 0.15) is 21.7 Å². The first-order valence-electron chi connectivity index (χ1n) is 4.97. The van der Waals surface area contributed by atoms with Crippen LogP contribution in [0.25, 0.3) is 0 Å². The number of methoxy groups -OCH3 is 1. The second-order valence-electron chi connectivity index (χ2n) is 3.37. The molecule has 0 radical (unpaired) electrons. The molecule has 1 aromatic rings. The highest BCUT2D eigenvalue weighted by Gasteiger charge is 2.26. The quantitative estimate of drug-likeness (QED) is 0.645. The molecule has 1 heterocycles. The Hall–Kier alpha value is -1.43. The largest absolute Gasteiger partial charge is 0.465 e. The molecule has 6 nitrogen and oxygen atoms in total. The van der Waals surface area contributed by atoms with E-state index in [1.807, 2.05) is 6.07 Å². The van der Waals surface area contributed by atoms with Crippen molar-refractivity contribution in [1.82, 2.24) is 4.72 Å². The number of nitriles is 1. The fourth-order valence-corrected chi connectivity index (χ4v) is 4.05. The van der Waals surface area contributed by atoms with Gasteiger partial charge in [0.1, 0.15) is 9.77 Å². The van der Waals surface area contributed by atoms with Gasteiger partial charge in [0.15, 0.2) is 0 Å². The molecule has 0 fully saturated rings. The zero-order valence-electron chi connectivity index (χ0n) is 9.89. The van der Waals surface area contributed by atoms with Gasteiger partial charge in [0.05, 0.1) is 13.2 Å². The molecule has 0 aliphatic heterocycles. The summed E-state index contributed by atoms with van der Waals surface area (Å²) < 4.78 is 30.8. The zero-order chi connectivity index (χ0) is 13.8. The Kier molecular flexibility index (Phi) is 4.84. The van der Waals surface area contributed by atoms with Crippen LogP contribution in [0.2, 0.25) is 0 Å². The lowest BCUT2D eigenvalue weighted by molar-refractivity contribution is 0.0602. The van der Waals surface area contributed by atoms with E-state index in [9.17, 15) is 13.2 Å². The zero-order valence-corrected chi connectivity index (χ0v) is 11.5. The van der Waals surface area contributed by atoms with E-state index in [1.54, 1.807) is 12.3 Å². The molecular formula is C10H12N2O4S2. The van der Waals surface area contributed by atoms with Gasteiger partial charge in [0.2, 0.25) is 10.0 Å². The molecule has 98 valence electrons. The van der Waals surface area contributed by atoms with Crippen molar-refractivity contribution in [2.45, 2.75) is 18.2 Å². The highest BCUT2D eigenvalue weighted by Crippen LogP contribution is 2.27. The molecule has 0 spiro atoms. The molecule has 1 N–H and O–H groups in total. The highest BCUT2D eigenvalue weighted by atomic mass is 32.2. The van der Waals surface area contributed by atoms with Gasteiger partial charge in [-0.3, -0.25) is 0 Å². The van der Waals surface area contributed by atoms with Gasteiger partial charge in [0, 0.05) is 13.0 Å². The molecule has 0 aliphatic carbocycles. The van der Waals surface area contributed by atoms with Crippen molar-refractivity contribution in [2.24, 2.45) is 0 Å². The van der Waals surface area contributed by atoms with Gasteiger partial charge < -0.3 is 4.74 Å². The average molecular weight is 288 g/mol. The third-order valence-corrected chi connectivity index (χ3v) is 4.94. The molecule has 1 aromatic heterocycles. The Bertz CT molecular complexity index is 584. The summed E-state index contributed by atoms with van der Waals surface area (Å²) in [6, 6.07) is 1.83. The van der Waals surface area contributed by atoms with Crippen LogP contribution >= 0.6 is 11.3 Å². The topological polar surface area (TPSA) is 96.3 Å². The summed E-state index contributed by atoms with van der Waals surface area (Å²) in [6.07, 6.45) is 0.0654. The van der Waals surface area contributed by atoms with Gasteiger partial charge in [-0.25, -0.2) is 17.9 Å². The minimum Gasteiger partial charge on any atom is -0.465 e. The molecule has 0 bridgehead atoms. The van der Waals surface area contributed by atoms with Crippen molar-refractivity contribution in [3.63, 3.8) is 0 Å². The van der Waals surface area contributed by atoms with Crippen molar-refractivity contribution < 1.29 is 17.9 Å². The molecule has 0 unspecified atom stereocenters. The van der Waals surface area contributed by atoms with Gasteiger partial charge >= 0.3 is 5.97 Å². The van der Waals surface area contributed by atoms with Crippen LogP contribution in [0.15, 0.2) is 10.3 Å². The first-order chi connectivity index (χ1) is 8.44. The fraction of sp³-hybridized carbons (Fsp3) is 0.400. The summed E-state index contributed by atoms with van der Waals surface area (Å²) in [5, 5.41) is 9.95. The number of sulfonamides is 1. The maximum absolute atomic E-state index is 12.0. The van der Waals surface area contributed by atoms with Crippen molar-refractivity contribution in [3.05, 3.63) is 15.8 Å². The van der Waals surface area contributed by atoms with Gasteiger partial charge in [-0.05, 0) is 17.9 Å². The Morgan fingerprint density at radius 2 is 2.28 bits per heavy atom. The number of nitrogens with zero attached hydrogens (tertiary/aromatic N) is 1. The molecule has 8 heteroatoms. The van der Waals surface area contributed by atoms with E-state index in [0.29, 0.717) is 5.56 Å². The maximum atomic E-state index is 12.0. The second kappa shape index (κ2) is 5.95. The number of rotatable bonds is 5. The highest BCUT2D eigenvalue weighted by molar-refractivity contribution is 7.89. The second-order valence-corrected chi connectivity index (χ2v) is 5.96. The predicted octanol–water partition coefficient (Wildman–Crippen LogP) is 1.04. The molecule has 0 aromatic carbocycles. The molecular weight excluding hydrogens is 276 g/mol. The Morgan fingerprint density at radius 3 is 2.83 bits per heavy atom. The van der Waals surface area contributed by atoms with E-state index in [2.05, 4.69) is 9.46 Å². The third-order valence-electron chi connectivity index (χ3n) is 2.09. The van der Waals surface area contributed by atoms with Crippen molar-refractivity contribution in [2.75, 3.05) is 13.7 Å². The van der Waals surface area contributed by atoms with Gasteiger partial charge in [-0.15, -0.1) is 11.3 Å². The molecule has 0 saturated carbocycles. The Labute approximate surface area is 109 Å². The standard InChI is InChI=1S/C10H12N2O4S2/c1-7-6-17-8(10(13)16-2)9(7)18(14,15)12-5-3-4-11/h6,12H,3,5H2,1-2H3. The van der Waals surface area contributed by atoms with E-state index in [4.69, 9.17) is 5.26 Å². The summed E-state index contributed by atoms with van der Waals surface area (Å²) in [6.45, 7) is 1.61. The van der Waals surface area contributed by atoms with E-state index < -0.39 is 16.0 Å². The van der Waals surface area contributed by atoms with Gasteiger partial charge in [-0.2, -0.15) is 5.26 Å². The summed E-state index contributed by atoms with van der Waals surface area (Å²) in [7, 11) is -2.61. The van der Waals surface area contributed by atoms with Crippen molar-refractivity contribution >= 4 is 27.3 Å². The van der Waals surface area contributed by atoms with E-state index in [1.165, 1.54) is 7.11 Å². The lowest BCUT2D eigenvalue weighted by Crippen LogP contribution is -2.26. The Balaban J connectivity index is 3.12. The minimum absolute atomic E-state index is 0.00866. The Morgan fingerprint density at radius 1 is 1.61 bits per heavy atom. The lowest BCUT2D eigenvalue weighted by Gasteiger charge is -2.06. The number of thiophene rings is 1. The van der Waals surface area contributed by atoms with E-state index in [0.717, 1.165) is 11.3 Å². The molecule has 1 rings (SSSR count). The molecule has 0 saturated heterocycles. The monoisotopic (exact) mass is 288 g/mol. The SMILES string of the molecule is COC(=O)c1scc(C)c1S(=O)(=O)NCCC#N. The van der Waals surface area contributed by atoms with Crippen LogP contribution in [0.5, 0.6) is 0 Å². The maximum Gasteiger partial charge on any atom is 0.349 e. The number of nitrogens with one attached hydrogen (secondary N) is 1. The number of aryl methyl sites for hydroxylation is 1. The number of hydrogen-bond acceptors (Lipinski definition) is 6. The van der Waals surface area contributed by atoms with Gasteiger partial charge in [0.25, 0.3) is 0 Å². The number of carbonyl (C=O) groups is 1. The van der Waals surface area contributed by atoms with E-state index in [-0.39, 0.29) is 22.7 Å². The predicted molar refractivity (Wildman–Crippen MR) is 65.8 cm³/mol. The van der Waals surface area contributed by atoms with Crippen LogP contribution in [-0.2, 0) is 14.8 Å². The van der Waals surface area contributed by atoms with Crippen molar-refractivity contribution in [1.29, 1.82) is 5.26 Å². The first-order valence-corrected chi connectivity index (χ1v) is 7.33. The average Bonchev–Trinajstić information content (AvgIpc) is 2.71. The minimum atomic E-state index is -3.80. The lowest BCUT2D eigenvalue weighted by atomic mass is 10.3. The summed E-state index contributed by atoms with van der Waals surface area (Å²) in [5.74, 6) is -0.686. The van der Waals surface area contributed by atoms with Crippen LogP contribution < -0.4 is 4.72 Å². The molecule has 0 aliphatic rings. The molecule has 18 heavy (non-hydrogen) atoms. The first kappa shape index (κ1) is 14.6. The number of esters is 1. The number of ether oxygens (including phenoxy) is 1. The van der Waals surface area contributed by atoms with Crippen LogP contribution in [-0.4, -0.2) is 28.0 Å². The summed E-state index contributed by atoms with van der Waals surface area (Å²) >= 11 is 1.02. The number of hydrogen-bond donors (Lipinski definition) is 1. The smallest absolute Gasteiger partial charge is 0.349 e. The van der Waals surface area contributed by atoms with Crippen LogP contribution in [0.3, 0.4) is 0 Å². The summed E-state index contributed by atoms with van der Waals surface area (Å²) in [5.41, 5.74) is 0.477. The normalized spacial score (nSPS) is 10.9. The molecule has 0 amide bonds. The summed E-state index contributed by atoms with van der Waals surface area (Å²) in [4.78, 5) is 11.4. The van der Waals surface area contributed by atoms with Gasteiger partial charge in [-0.1, -0.05) is 0 Å². The van der Waals surface area contributed by atoms with Crippen LogP contribution in [0, 0.1) is 18.3 Å². The van der Waals surface area contributed by atoms with Crippen LogP contribution in [0.4, 0.5) is 0 Å². The number of carbonyl (C=O) groups excluding carboxylic acids is 1.